The van der Waals surface area contributed by atoms with E-state index in [2.05, 4.69) is 93.4 Å². The number of hydrogen-bond donors (Lipinski definition) is 3. The summed E-state index contributed by atoms with van der Waals surface area (Å²) in [4.78, 5) is 30.6. The third kappa shape index (κ3) is 13.6. The molecule has 274 valence electrons. The zero-order valence-electron chi connectivity index (χ0n) is 28.9. The summed E-state index contributed by atoms with van der Waals surface area (Å²) in [7, 11) is 1.50. The summed E-state index contributed by atoms with van der Waals surface area (Å²) < 4.78 is 13.9. The Morgan fingerprint density at radius 3 is 2.22 bits per heavy atom. The van der Waals surface area contributed by atoms with Gasteiger partial charge >= 0.3 is 0 Å². The highest BCUT2D eigenvalue weighted by atomic mass is 79.9. The molecule has 2 atom stereocenters. The minimum absolute atomic E-state index is 0.104. The maximum absolute atomic E-state index is 12.8. The Labute approximate surface area is 325 Å². The van der Waals surface area contributed by atoms with Crippen molar-refractivity contribution in [3.8, 4) is 5.75 Å². The molecular formula is C36H51Br4N3O6. The third-order valence-corrected chi connectivity index (χ3v) is 11.1. The van der Waals surface area contributed by atoms with Gasteiger partial charge in [0.05, 0.1) is 31.6 Å². The number of aliphatic hydroxyl groups excluding tert-OH is 1. The summed E-state index contributed by atoms with van der Waals surface area (Å²) in [5, 5.41) is 20.6. The molecule has 3 N–H and O–H groups in total. The number of amides is 2. The molecule has 1 aromatic carbocycles. The average molecular weight is 941 g/mol. The number of carbonyl (C=O) groups excluding carboxylic acids is 2. The van der Waals surface area contributed by atoms with Crippen LogP contribution in [0.25, 0.3) is 0 Å². The van der Waals surface area contributed by atoms with Gasteiger partial charge in [-0.15, -0.1) is 0 Å². The van der Waals surface area contributed by atoms with Crippen molar-refractivity contribution in [3.05, 3.63) is 47.4 Å². The SMILES string of the molecule is COC1=C(Br)[C@@H](O)[C@]2(C=C1Br)CC(C(=O)NCCCOc1c(Br)cc(CCNC(=O)CCCCCCCCCCCC(C)C)cc1Br)=NO2. The molecule has 1 aliphatic heterocycles. The van der Waals surface area contributed by atoms with E-state index in [0.29, 0.717) is 59.4 Å². The van der Waals surface area contributed by atoms with Crippen LogP contribution >= 0.6 is 63.7 Å². The fourth-order valence-electron chi connectivity index (χ4n) is 5.77. The molecule has 0 aromatic heterocycles. The molecule has 0 saturated carbocycles. The first-order chi connectivity index (χ1) is 23.5. The minimum Gasteiger partial charge on any atom is -0.495 e. The molecule has 1 aromatic rings. The number of rotatable bonds is 22. The highest BCUT2D eigenvalue weighted by molar-refractivity contribution is 9.12. The number of benzene rings is 1. The van der Waals surface area contributed by atoms with Crippen molar-refractivity contribution in [3.63, 3.8) is 0 Å². The molecule has 0 unspecified atom stereocenters. The lowest BCUT2D eigenvalue weighted by molar-refractivity contribution is -0.121. The summed E-state index contributed by atoms with van der Waals surface area (Å²) in [6.45, 7) is 5.92. The number of unbranched alkanes of at least 4 members (excludes halogenated alkanes) is 8. The number of aliphatic hydroxyl groups is 1. The predicted molar refractivity (Wildman–Crippen MR) is 209 cm³/mol. The number of carbonyl (C=O) groups is 2. The molecular weight excluding hydrogens is 890 g/mol. The second-order valence-corrected chi connectivity index (χ2v) is 16.5. The lowest BCUT2D eigenvalue weighted by Crippen LogP contribution is -2.45. The van der Waals surface area contributed by atoms with Crippen LogP contribution in [-0.4, -0.2) is 61.1 Å². The Morgan fingerprint density at radius 2 is 1.59 bits per heavy atom. The number of ether oxygens (including phenoxy) is 2. The Hall–Kier alpha value is -1.41. The van der Waals surface area contributed by atoms with Crippen LogP contribution in [0, 0.1) is 5.92 Å². The average Bonchev–Trinajstić information content (AvgIpc) is 3.48. The van der Waals surface area contributed by atoms with E-state index < -0.39 is 11.7 Å². The largest absolute Gasteiger partial charge is 0.495 e. The fraction of sp³-hybridized carbons (Fsp3) is 0.639. The van der Waals surface area contributed by atoms with Gasteiger partial charge in [0.15, 0.2) is 5.60 Å². The number of allylic oxidation sites excluding steroid dienone is 1. The summed E-state index contributed by atoms with van der Waals surface area (Å²) in [6, 6.07) is 4.00. The third-order valence-electron chi connectivity index (χ3n) is 8.58. The van der Waals surface area contributed by atoms with E-state index in [4.69, 9.17) is 14.3 Å². The van der Waals surface area contributed by atoms with Crippen molar-refractivity contribution in [2.24, 2.45) is 11.1 Å². The number of halogens is 4. The van der Waals surface area contributed by atoms with E-state index in [9.17, 15) is 14.7 Å². The maximum atomic E-state index is 12.8. The van der Waals surface area contributed by atoms with Gasteiger partial charge in [0.25, 0.3) is 5.91 Å². The van der Waals surface area contributed by atoms with Crippen LogP contribution in [0.3, 0.4) is 0 Å². The van der Waals surface area contributed by atoms with Gasteiger partial charge in [-0.2, -0.15) is 0 Å². The van der Waals surface area contributed by atoms with E-state index in [1.54, 1.807) is 6.08 Å². The Kier molecular flexibility index (Phi) is 18.7. The number of nitrogens with one attached hydrogen (secondary N) is 2. The standard InChI is InChI=1S/C36H51Br4N3O6/c1-24(2)14-11-9-7-5-4-6-8-10-12-15-30(44)41-18-16-25-20-26(37)32(27(38)21-25)48-19-13-17-42-35(46)29-23-36(49-43-29)22-28(39)33(47-3)31(40)34(36)45/h20-22,24,34,45H,4-19,23H2,1-3H3,(H,41,44)(H,42,46)/t34-,36+/m1/s1. The van der Waals surface area contributed by atoms with E-state index in [0.717, 1.165) is 33.3 Å². The Balaban J connectivity index is 1.26. The van der Waals surface area contributed by atoms with Gasteiger partial charge in [-0.05, 0) is 113 Å². The van der Waals surface area contributed by atoms with Crippen LogP contribution in [-0.2, 0) is 25.6 Å². The molecule has 0 bridgehead atoms. The van der Waals surface area contributed by atoms with Crippen molar-refractivity contribution in [2.45, 2.75) is 115 Å². The molecule has 0 saturated heterocycles. The fourth-order valence-corrected chi connectivity index (χ4v) is 9.08. The highest BCUT2D eigenvalue weighted by Crippen LogP contribution is 2.44. The zero-order valence-corrected chi connectivity index (χ0v) is 35.2. The summed E-state index contributed by atoms with van der Waals surface area (Å²) in [5.41, 5.74) is 0.0714. The smallest absolute Gasteiger partial charge is 0.269 e. The number of hydrogen-bond acceptors (Lipinski definition) is 7. The summed E-state index contributed by atoms with van der Waals surface area (Å²) in [6.07, 6.45) is 15.2. The van der Waals surface area contributed by atoms with Crippen LogP contribution in [0.1, 0.15) is 103 Å². The molecule has 1 heterocycles. The lowest BCUT2D eigenvalue weighted by atomic mass is 9.87. The van der Waals surface area contributed by atoms with E-state index in [1.807, 2.05) is 12.1 Å². The second kappa shape index (κ2) is 21.8. The number of methoxy groups -OCH3 is 1. The van der Waals surface area contributed by atoms with Gasteiger partial charge in [0.2, 0.25) is 5.91 Å². The Morgan fingerprint density at radius 1 is 0.959 bits per heavy atom. The van der Waals surface area contributed by atoms with Crippen molar-refractivity contribution >= 4 is 81.2 Å². The van der Waals surface area contributed by atoms with Gasteiger partial charge in [0, 0.05) is 25.9 Å². The molecule has 0 fully saturated rings. The van der Waals surface area contributed by atoms with E-state index in [-0.39, 0.29) is 23.9 Å². The number of nitrogens with zero attached hydrogens (tertiary/aromatic N) is 1. The van der Waals surface area contributed by atoms with Crippen LogP contribution < -0.4 is 15.4 Å². The summed E-state index contributed by atoms with van der Waals surface area (Å²) in [5.74, 6) is 1.71. The first kappa shape index (κ1) is 42.0. The minimum atomic E-state index is -1.20. The molecule has 2 aliphatic rings. The van der Waals surface area contributed by atoms with Crippen LogP contribution in [0.15, 0.2) is 47.0 Å². The molecule has 2 amide bonds. The molecule has 49 heavy (non-hydrogen) atoms. The van der Waals surface area contributed by atoms with Crippen LogP contribution in [0.4, 0.5) is 0 Å². The maximum Gasteiger partial charge on any atom is 0.269 e. The molecule has 1 spiro atoms. The zero-order chi connectivity index (χ0) is 35.8. The summed E-state index contributed by atoms with van der Waals surface area (Å²) >= 11 is 14.0. The van der Waals surface area contributed by atoms with Gasteiger partial charge in [-0.3, -0.25) is 9.59 Å². The van der Waals surface area contributed by atoms with Gasteiger partial charge in [0.1, 0.15) is 23.3 Å². The predicted octanol–water partition coefficient (Wildman–Crippen LogP) is 9.12. The van der Waals surface area contributed by atoms with Gasteiger partial charge in [-0.1, -0.05) is 76.8 Å². The van der Waals surface area contributed by atoms with E-state index >= 15 is 0 Å². The first-order valence-corrected chi connectivity index (χ1v) is 20.6. The molecule has 9 nitrogen and oxygen atoms in total. The normalized spacial score (nSPS) is 18.8. The first-order valence-electron chi connectivity index (χ1n) is 17.4. The van der Waals surface area contributed by atoms with Crippen LogP contribution in [0.5, 0.6) is 5.75 Å². The molecule has 13 heteroatoms. The van der Waals surface area contributed by atoms with Crippen LogP contribution in [0.2, 0.25) is 0 Å². The topological polar surface area (TPSA) is 118 Å². The van der Waals surface area contributed by atoms with Crippen molar-refractivity contribution in [1.82, 2.24) is 10.6 Å². The monoisotopic (exact) mass is 937 g/mol. The second-order valence-electron chi connectivity index (χ2n) is 13.1. The van der Waals surface area contributed by atoms with Crippen molar-refractivity contribution in [2.75, 3.05) is 26.8 Å². The van der Waals surface area contributed by atoms with Gasteiger partial charge < -0.3 is 30.1 Å². The van der Waals surface area contributed by atoms with Gasteiger partial charge in [-0.25, -0.2) is 0 Å². The van der Waals surface area contributed by atoms with E-state index in [1.165, 1.54) is 58.5 Å². The van der Waals surface area contributed by atoms with Crippen molar-refractivity contribution in [1.29, 1.82) is 0 Å². The molecule has 3 rings (SSSR count). The quantitative estimate of drug-likeness (QED) is 0.1000. The lowest BCUT2D eigenvalue weighted by Gasteiger charge is -2.33. The molecule has 0 radical (unpaired) electrons. The van der Waals surface area contributed by atoms with Crippen molar-refractivity contribution < 1.29 is 29.0 Å². The highest BCUT2D eigenvalue weighted by Gasteiger charge is 2.50. The molecule has 1 aliphatic carbocycles. The number of oxime groups is 1. The Bertz CT molecular complexity index is 1330.